The number of hydrogen-bond acceptors (Lipinski definition) is 2. The monoisotopic (exact) mass is 409 g/mol. The Hall–Kier alpha value is -3.61. The second kappa shape index (κ2) is 7.67. The average molecular weight is 409 g/mol. The Morgan fingerprint density at radius 3 is 2.47 bits per heavy atom. The zero-order valence-electron chi connectivity index (χ0n) is 16.0. The smallest absolute Gasteiger partial charge is 0.342 e. The molecule has 0 atom stereocenters. The fourth-order valence-corrected chi connectivity index (χ4v) is 3.25. The molecule has 4 nitrogen and oxygen atoms in total. The van der Waals surface area contributed by atoms with Crippen LogP contribution in [0.1, 0.15) is 32.9 Å². The van der Waals surface area contributed by atoms with Crippen molar-refractivity contribution in [1.82, 2.24) is 9.97 Å². The van der Waals surface area contributed by atoms with Crippen molar-refractivity contribution >= 4 is 22.6 Å². The SMILES string of the molecule is Cc1ccccc1C(=O)Nc1ccc(Cc2nc3ccc(C(F)(F)F)cc3[nH]2)cc1. The third kappa shape index (κ3) is 4.20. The van der Waals surface area contributed by atoms with Gasteiger partial charge in [-0.15, -0.1) is 0 Å². The van der Waals surface area contributed by atoms with Crippen LogP contribution in [0.2, 0.25) is 0 Å². The number of fused-ring (bicyclic) bond motifs is 1. The number of aromatic nitrogens is 2. The van der Waals surface area contributed by atoms with Crippen LogP contribution in [-0.2, 0) is 12.6 Å². The number of anilines is 1. The second-order valence-corrected chi connectivity index (χ2v) is 7.06. The zero-order chi connectivity index (χ0) is 21.3. The predicted molar refractivity (Wildman–Crippen MR) is 109 cm³/mol. The van der Waals surface area contributed by atoms with Crippen LogP contribution in [0.5, 0.6) is 0 Å². The summed E-state index contributed by atoms with van der Waals surface area (Å²) in [7, 11) is 0. The minimum atomic E-state index is -4.39. The van der Waals surface area contributed by atoms with E-state index in [0.717, 1.165) is 23.3 Å². The van der Waals surface area contributed by atoms with E-state index >= 15 is 0 Å². The van der Waals surface area contributed by atoms with Crippen molar-refractivity contribution in [2.45, 2.75) is 19.5 Å². The number of amides is 1. The van der Waals surface area contributed by atoms with Crippen molar-refractivity contribution in [3.8, 4) is 0 Å². The lowest BCUT2D eigenvalue weighted by Crippen LogP contribution is -2.13. The van der Waals surface area contributed by atoms with Crippen molar-refractivity contribution < 1.29 is 18.0 Å². The Labute approximate surface area is 170 Å². The molecule has 3 aromatic carbocycles. The molecule has 0 spiro atoms. The van der Waals surface area contributed by atoms with Gasteiger partial charge in [0.25, 0.3) is 5.91 Å². The van der Waals surface area contributed by atoms with Crippen molar-refractivity contribution in [1.29, 1.82) is 0 Å². The van der Waals surface area contributed by atoms with E-state index in [9.17, 15) is 18.0 Å². The molecule has 30 heavy (non-hydrogen) atoms. The first kappa shape index (κ1) is 19.7. The number of carbonyl (C=O) groups is 1. The fourth-order valence-electron chi connectivity index (χ4n) is 3.25. The minimum Gasteiger partial charge on any atom is -0.342 e. The Morgan fingerprint density at radius 1 is 1.03 bits per heavy atom. The minimum absolute atomic E-state index is 0.182. The summed E-state index contributed by atoms with van der Waals surface area (Å²) in [5.41, 5.74) is 3.21. The number of rotatable bonds is 4. The van der Waals surface area contributed by atoms with Gasteiger partial charge in [0.15, 0.2) is 0 Å². The van der Waals surface area contributed by atoms with E-state index in [1.54, 1.807) is 18.2 Å². The standard InChI is InChI=1S/C23H18F3N3O/c1-14-4-2-3-5-18(14)22(30)27-17-9-6-15(7-10-17)12-21-28-19-11-8-16(23(24,25)26)13-20(19)29-21/h2-11,13H,12H2,1H3,(H,27,30)(H,28,29). The van der Waals surface area contributed by atoms with Crippen LogP contribution in [0, 0.1) is 6.92 Å². The largest absolute Gasteiger partial charge is 0.416 e. The van der Waals surface area contributed by atoms with E-state index < -0.39 is 11.7 Å². The number of hydrogen-bond donors (Lipinski definition) is 2. The molecule has 0 aliphatic heterocycles. The first-order valence-corrected chi connectivity index (χ1v) is 9.31. The predicted octanol–water partition coefficient (Wildman–Crippen LogP) is 5.73. The van der Waals surface area contributed by atoms with E-state index in [2.05, 4.69) is 15.3 Å². The number of H-pyrrole nitrogens is 1. The molecule has 1 amide bonds. The van der Waals surface area contributed by atoms with E-state index in [-0.39, 0.29) is 5.91 Å². The van der Waals surface area contributed by atoms with Crippen LogP contribution in [-0.4, -0.2) is 15.9 Å². The molecule has 0 saturated heterocycles. The molecule has 7 heteroatoms. The number of halogens is 3. The lowest BCUT2D eigenvalue weighted by Gasteiger charge is -2.08. The summed E-state index contributed by atoms with van der Waals surface area (Å²) >= 11 is 0. The zero-order valence-corrected chi connectivity index (χ0v) is 16.0. The van der Waals surface area contributed by atoms with E-state index in [4.69, 9.17) is 0 Å². The summed E-state index contributed by atoms with van der Waals surface area (Å²) in [6, 6.07) is 18.1. The highest BCUT2D eigenvalue weighted by molar-refractivity contribution is 6.05. The van der Waals surface area contributed by atoms with Crippen molar-refractivity contribution in [3.05, 3.63) is 94.8 Å². The van der Waals surface area contributed by atoms with Gasteiger partial charge in [-0.2, -0.15) is 13.2 Å². The first-order valence-electron chi connectivity index (χ1n) is 9.31. The summed E-state index contributed by atoms with van der Waals surface area (Å²) in [4.78, 5) is 19.7. The van der Waals surface area contributed by atoms with Gasteiger partial charge in [-0.25, -0.2) is 4.98 Å². The average Bonchev–Trinajstić information content (AvgIpc) is 3.10. The van der Waals surface area contributed by atoms with Crippen molar-refractivity contribution in [2.75, 3.05) is 5.32 Å². The quantitative estimate of drug-likeness (QED) is 0.452. The second-order valence-electron chi connectivity index (χ2n) is 7.06. The summed E-state index contributed by atoms with van der Waals surface area (Å²) in [6.07, 6.45) is -3.96. The molecule has 0 unspecified atom stereocenters. The van der Waals surface area contributed by atoms with Gasteiger partial charge in [-0.05, 0) is 54.4 Å². The number of alkyl halides is 3. The van der Waals surface area contributed by atoms with Gasteiger partial charge in [0, 0.05) is 17.7 Å². The Morgan fingerprint density at radius 2 is 1.77 bits per heavy atom. The Kier molecular flexibility index (Phi) is 5.03. The third-order valence-electron chi connectivity index (χ3n) is 4.83. The molecular weight excluding hydrogens is 391 g/mol. The highest BCUT2D eigenvalue weighted by atomic mass is 19.4. The molecule has 0 saturated carbocycles. The van der Waals surface area contributed by atoms with E-state index in [1.807, 2.05) is 37.3 Å². The molecule has 4 rings (SSSR count). The molecule has 1 heterocycles. The highest BCUT2D eigenvalue weighted by Gasteiger charge is 2.30. The number of aromatic amines is 1. The molecule has 0 radical (unpaired) electrons. The maximum Gasteiger partial charge on any atom is 0.416 e. The van der Waals surface area contributed by atoms with Crippen LogP contribution in [0.4, 0.5) is 18.9 Å². The number of benzene rings is 3. The Balaban J connectivity index is 1.47. The van der Waals surface area contributed by atoms with Gasteiger partial charge >= 0.3 is 6.18 Å². The van der Waals surface area contributed by atoms with Gasteiger partial charge in [0.2, 0.25) is 0 Å². The number of nitrogens with one attached hydrogen (secondary N) is 2. The van der Waals surface area contributed by atoms with Crippen molar-refractivity contribution in [2.24, 2.45) is 0 Å². The van der Waals surface area contributed by atoms with Crippen molar-refractivity contribution in [3.63, 3.8) is 0 Å². The molecule has 1 aromatic heterocycles. The van der Waals surface area contributed by atoms with Crippen LogP contribution in [0.15, 0.2) is 66.7 Å². The molecule has 0 aliphatic carbocycles. The number of imidazole rings is 1. The van der Waals surface area contributed by atoms with Crippen LogP contribution in [0.3, 0.4) is 0 Å². The van der Waals surface area contributed by atoms with Gasteiger partial charge in [0.1, 0.15) is 5.82 Å². The number of nitrogens with zero attached hydrogens (tertiary/aromatic N) is 1. The maximum atomic E-state index is 12.9. The lowest BCUT2D eigenvalue weighted by molar-refractivity contribution is -0.137. The molecule has 2 N–H and O–H groups in total. The molecule has 152 valence electrons. The van der Waals surface area contributed by atoms with Crippen LogP contribution >= 0.6 is 0 Å². The summed E-state index contributed by atoms with van der Waals surface area (Å²) < 4.78 is 38.6. The summed E-state index contributed by atoms with van der Waals surface area (Å²) in [5, 5.41) is 2.86. The molecule has 0 aliphatic rings. The van der Waals surface area contributed by atoms with Crippen LogP contribution < -0.4 is 5.32 Å². The highest BCUT2D eigenvalue weighted by Crippen LogP contribution is 2.31. The van der Waals surface area contributed by atoms with Crippen LogP contribution in [0.25, 0.3) is 11.0 Å². The third-order valence-corrected chi connectivity index (χ3v) is 4.83. The summed E-state index contributed by atoms with van der Waals surface area (Å²) in [6.45, 7) is 1.88. The molecule has 4 aromatic rings. The fraction of sp³-hybridized carbons (Fsp3) is 0.130. The van der Waals surface area contributed by atoms with Gasteiger partial charge in [0.05, 0.1) is 16.6 Å². The Bertz CT molecular complexity index is 1210. The normalized spacial score (nSPS) is 11.6. The van der Waals surface area contributed by atoms with E-state index in [1.165, 1.54) is 6.07 Å². The molecule has 0 fully saturated rings. The number of aryl methyl sites for hydroxylation is 1. The summed E-state index contributed by atoms with van der Waals surface area (Å²) in [5.74, 6) is 0.389. The lowest BCUT2D eigenvalue weighted by atomic mass is 10.1. The molecule has 0 bridgehead atoms. The first-order chi connectivity index (χ1) is 14.3. The topological polar surface area (TPSA) is 57.8 Å². The van der Waals surface area contributed by atoms with Gasteiger partial charge in [-0.1, -0.05) is 30.3 Å². The number of carbonyl (C=O) groups excluding carboxylic acids is 1. The maximum absolute atomic E-state index is 12.9. The van der Waals surface area contributed by atoms with Gasteiger partial charge < -0.3 is 10.3 Å². The van der Waals surface area contributed by atoms with Gasteiger partial charge in [-0.3, -0.25) is 4.79 Å². The molecular formula is C23H18F3N3O. The van der Waals surface area contributed by atoms with E-state index in [0.29, 0.717) is 34.5 Å².